The van der Waals surface area contributed by atoms with Crippen LogP contribution >= 0.6 is 0 Å². The summed E-state index contributed by atoms with van der Waals surface area (Å²) in [6.07, 6.45) is 1.18. The van der Waals surface area contributed by atoms with Crippen molar-refractivity contribution in [1.29, 1.82) is 0 Å². The summed E-state index contributed by atoms with van der Waals surface area (Å²) in [7, 11) is 1.65. The van der Waals surface area contributed by atoms with Gasteiger partial charge >= 0.3 is 0 Å². The second kappa shape index (κ2) is 6.76. The summed E-state index contributed by atoms with van der Waals surface area (Å²) in [5.74, 6) is -0.505. The Bertz CT molecular complexity index is 195. The van der Waals surface area contributed by atoms with Gasteiger partial charge in [-0.25, -0.2) is 0 Å². The highest BCUT2D eigenvalue weighted by molar-refractivity contribution is 5.83. The molecule has 0 heterocycles. The second-order valence-electron chi connectivity index (χ2n) is 4.01. The maximum absolute atomic E-state index is 11.0. The Kier molecular flexibility index (Phi) is 6.47. The van der Waals surface area contributed by atoms with Gasteiger partial charge in [0.05, 0.1) is 11.6 Å². The van der Waals surface area contributed by atoms with Gasteiger partial charge in [0.1, 0.15) is 0 Å². The maximum Gasteiger partial charge on any atom is 0.237 e. The van der Waals surface area contributed by atoms with Gasteiger partial charge in [-0.2, -0.15) is 0 Å². The molecule has 5 nitrogen and oxygen atoms in total. The third kappa shape index (κ3) is 6.43. The monoisotopic (exact) mass is 218 g/mol. The zero-order valence-electron chi connectivity index (χ0n) is 9.79. The highest BCUT2D eigenvalue weighted by Crippen LogP contribution is 2.11. The lowest BCUT2D eigenvalue weighted by atomic mass is 9.95. The lowest BCUT2D eigenvalue weighted by Crippen LogP contribution is -2.51. The van der Waals surface area contributed by atoms with Crippen molar-refractivity contribution in [1.82, 2.24) is 0 Å². The number of ether oxygens (including phenoxy) is 2. The van der Waals surface area contributed by atoms with Crippen LogP contribution in [0.3, 0.4) is 0 Å². The van der Waals surface area contributed by atoms with Crippen LogP contribution in [0.15, 0.2) is 0 Å². The van der Waals surface area contributed by atoms with E-state index in [1.54, 1.807) is 14.0 Å². The average molecular weight is 218 g/mol. The Morgan fingerprint density at radius 1 is 1.47 bits per heavy atom. The van der Waals surface area contributed by atoms with E-state index in [1.807, 2.05) is 6.92 Å². The summed E-state index contributed by atoms with van der Waals surface area (Å²) in [4.78, 5) is 11.0. The summed E-state index contributed by atoms with van der Waals surface area (Å²) in [5.41, 5.74) is 9.87. The number of methoxy groups -OCH3 is 1. The predicted molar refractivity (Wildman–Crippen MR) is 58.3 cm³/mol. The van der Waals surface area contributed by atoms with Gasteiger partial charge in [-0.05, 0) is 26.7 Å². The van der Waals surface area contributed by atoms with E-state index < -0.39 is 11.4 Å². The van der Waals surface area contributed by atoms with Gasteiger partial charge in [-0.1, -0.05) is 0 Å². The highest BCUT2D eigenvalue weighted by Gasteiger charge is 2.28. The Morgan fingerprint density at radius 3 is 2.53 bits per heavy atom. The number of rotatable bonds is 8. The van der Waals surface area contributed by atoms with Crippen LogP contribution in [0, 0.1) is 0 Å². The molecule has 0 saturated carbocycles. The van der Waals surface area contributed by atoms with Crippen molar-refractivity contribution in [2.75, 3.05) is 20.3 Å². The van der Waals surface area contributed by atoms with E-state index in [0.29, 0.717) is 19.6 Å². The van der Waals surface area contributed by atoms with Crippen molar-refractivity contribution in [2.24, 2.45) is 11.5 Å². The average Bonchev–Trinajstić information content (AvgIpc) is 2.11. The van der Waals surface area contributed by atoms with Crippen LogP contribution in [0.4, 0.5) is 0 Å². The molecule has 0 aliphatic carbocycles. The quantitative estimate of drug-likeness (QED) is 0.562. The molecule has 0 spiro atoms. The van der Waals surface area contributed by atoms with E-state index in [4.69, 9.17) is 20.9 Å². The molecule has 0 rings (SSSR count). The predicted octanol–water partition coefficient (Wildman–Crippen LogP) is 0.0208. The normalized spacial score (nSPS) is 17.1. The lowest BCUT2D eigenvalue weighted by molar-refractivity contribution is -0.124. The van der Waals surface area contributed by atoms with Crippen LogP contribution in [0.1, 0.15) is 26.7 Å². The zero-order valence-corrected chi connectivity index (χ0v) is 9.79. The molecule has 0 saturated heterocycles. The minimum atomic E-state index is -0.999. The number of amides is 1. The second-order valence-corrected chi connectivity index (χ2v) is 4.01. The van der Waals surface area contributed by atoms with Gasteiger partial charge in [-0.15, -0.1) is 0 Å². The largest absolute Gasteiger partial charge is 0.385 e. The molecular weight excluding hydrogens is 196 g/mol. The highest BCUT2D eigenvalue weighted by atomic mass is 16.5. The molecule has 0 aromatic carbocycles. The van der Waals surface area contributed by atoms with Gasteiger partial charge in [0, 0.05) is 20.3 Å². The van der Waals surface area contributed by atoms with Crippen molar-refractivity contribution >= 4 is 5.91 Å². The van der Waals surface area contributed by atoms with E-state index in [0.717, 1.165) is 6.42 Å². The molecular formula is C10H22N2O3. The molecule has 90 valence electrons. The first kappa shape index (κ1) is 14.3. The summed E-state index contributed by atoms with van der Waals surface area (Å²) in [5, 5.41) is 0. The molecule has 0 aromatic heterocycles. The third-order valence-corrected chi connectivity index (χ3v) is 2.17. The van der Waals surface area contributed by atoms with Crippen LogP contribution in [0.2, 0.25) is 0 Å². The number of nitrogens with two attached hydrogens (primary N) is 2. The first-order chi connectivity index (χ1) is 6.90. The summed E-state index contributed by atoms with van der Waals surface area (Å²) >= 11 is 0. The minimum Gasteiger partial charge on any atom is -0.385 e. The van der Waals surface area contributed by atoms with Crippen molar-refractivity contribution in [2.45, 2.75) is 38.3 Å². The van der Waals surface area contributed by atoms with Crippen molar-refractivity contribution in [3.05, 3.63) is 0 Å². The molecule has 4 N–H and O–H groups in total. The van der Waals surface area contributed by atoms with Crippen LogP contribution in [0.25, 0.3) is 0 Å². The molecule has 0 radical (unpaired) electrons. The number of hydrogen-bond donors (Lipinski definition) is 2. The topological polar surface area (TPSA) is 87.6 Å². The molecule has 0 aliphatic heterocycles. The fourth-order valence-corrected chi connectivity index (χ4v) is 1.24. The zero-order chi connectivity index (χ0) is 11.9. The summed E-state index contributed by atoms with van der Waals surface area (Å²) in [6, 6.07) is 0. The first-order valence-electron chi connectivity index (χ1n) is 5.09. The van der Waals surface area contributed by atoms with Crippen LogP contribution in [-0.4, -0.2) is 37.9 Å². The van der Waals surface area contributed by atoms with Crippen molar-refractivity contribution in [3.63, 3.8) is 0 Å². The molecule has 1 amide bonds. The third-order valence-electron chi connectivity index (χ3n) is 2.17. The van der Waals surface area contributed by atoms with E-state index in [-0.39, 0.29) is 6.10 Å². The molecule has 0 aliphatic rings. The van der Waals surface area contributed by atoms with E-state index in [1.165, 1.54) is 0 Å². The molecule has 2 unspecified atom stereocenters. The van der Waals surface area contributed by atoms with Gasteiger partial charge in [0.2, 0.25) is 5.91 Å². The molecule has 2 atom stereocenters. The molecule has 0 bridgehead atoms. The van der Waals surface area contributed by atoms with Crippen LogP contribution < -0.4 is 11.5 Å². The van der Waals surface area contributed by atoms with Gasteiger partial charge in [-0.3, -0.25) is 4.79 Å². The van der Waals surface area contributed by atoms with Crippen LogP contribution in [0.5, 0.6) is 0 Å². The van der Waals surface area contributed by atoms with Crippen molar-refractivity contribution in [3.8, 4) is 0 Å². The number of carbonyl (C=O) groups excluding carboxylic acids is 1. The SMILES string of the molecule is COCCCOC(C)CC(C)(N)C(N)=O. The molecule has 5 heteroatoms. The van der Waals surface area contributed by atoms with E-state index in [9.17, 15) is 4.79 Å². The number of primary amides is 1. The van der Waals surface area contributed by atoms with E-state index >= 15 is 0 Å². The smallest absolute Gasteiger partial charge is 0.237 e. The van der Waals surface area contributed by atoms with Gasteiger partial charge in [0.25, 0.3) is 0 Å². The Labute approximate surface area is 91.1 Å². The van der Waals surface area contributed by atoms with Crippen molar-refractivity contribution < 1.29 is 14.3 Å². The summed E-state index contributed by atoms with van der Waals surface area (Å²) in [6.45, 7) is 4.76. The Morgan fingerprint density at radius 2 is 2.07 bits per heavy atom. The Hall–Kier alpha value is -0.650. The number of hydrogen-bond acceptors (Lipinski definition) is 4. The Balaban J connectivity index is 3.73. The fourth-order valence-electron chi connectivity index (χ4n) is 1.24. The van der Waals surface area contributed by atoms with Crippen LogP contribution in [-0.2, 0) is 14.3 Å². The lowest BCUT2D eigenvalue weighted by Gasteiger charge is -2.24. The van der Waals surface area contributed by atoms with E-state index in [2.05, 4.69) is 0 Å². The molecule has 0 fully saturated rings. The van der Waals surface area contributed by atoms with Gasteiger partial charge < -0.3 is 20.9 Å². The molecule has 0 aromatic rings. The maximum atomic E-state index is 11.0. The van der Waals surface area contributed by atoms with Gasteiger partial charge in [0.15, 0.2) is 0 Å². The molecule has 15 heavy (non-hydrogen) atoms. The summed E-state index contributed by atoms with van der Waals surface area (Å²) < 4.78 is 10.3. The first-order valence-corrected chi connectivity index (χ1v) is 5.09. The minimum absolute atomic E-state index is 0.0793. The number of carbonyl (C=O) groups is 1. The standard InChI is InChI=1S/C10H22N2O3/c1-8(15-6-4-5-14-3)7-10(2,12)9(11)13/h8H,4-7,12H2,1-3H3,(H2,11,13). The fraction of sp³-hybridized carbons (Fsp3) is 0.900.